The van der Waals surface area contributed by atoms with E-state index < -0.39 is 0 Å². The lowest BCUT2D eigenvalue weighted by Gasteiger charge is -2.35. The molecule has 2 aromatic heterocycles. The number of amides is 1. The van der Waals surface area contributed by atoms with Gasteiger partial charge in [-0.15, -0.1) is 0 Å². The number of aromatic amines is 1. The summed E-state index contributed by atoms with van der Waals surface area (Å²) in [6.45, 7) is 4.57. The maximum Gasteiger partial charge on any atom is 0.270 e. The van der Waals surface area contributed by atoms with Gasteiger partial charge in [-0.1, -0.05) is 12.1 Å². The van der Waals surface area contributed by atoms with Crippen molar-refractivity contribution in [3.05, 3.63) is 59.4 Å². The average molecular weight is 345 g/mol. The van der Waals surface area contributed by atoms with Crippen molar-refractivity contribution >= 4 is 22.6 Å². The number of carbonyl (C=O) groups is 1. The van der Waals surface area contributed by atoms with Gasteiger partial charge >= 0.3 is 0 Å². The predicted molar refractivity (Wildman–Crippen MR) is 100 cm³/mol. The third kappa shape index (κ3) is 2.88. The van der Waals surface area contributed by atoms with Crippen molar-refractivity contribution in [2.45, 2.75) is 6.92 Å². The van der Waals surface area contributed by atoms with Crippen molar-refractivity contribution in [3.8, 4) is 6.07 Å². The van der Waals surface area contributed by atoms with E-state index in [1.165, 1.54) is 0 Å². The molecule has 1 saturated heterocycles. The van der Waals surface area contributed by atoms with Gasteiger partial charge in [-0.2, -0.15) is 5.26 Å². The van der Waals surface area contributed by atoms with Crippen LogP contribution in [-0.4, -0.2) is 47.0 Å². The SMILES string of the molecule is Cc1ccc2cc(C(=O)N3CCN(c4ncccc4C#N)CC3)[nH]c2c1. The first-order valence-corrected chi connectivity index (χ1v) is 8.64. The molecule has 26 heavy (non-hydrogen) atoms. The first kappa shape index (κ1) is 16.2. The molecule has 0 aliphatic carbocycles. The number of aryl methyl sites for hydroxylation is 1. The molecular weight excluding hydrogens is 326 g/mol. The summed E-state index contributed by atoms with van der Waals surface area (Å²) in [5.74, 6) is 0.711. The Hall–Kier alpha value is -3.33. The van der Waals surface area contributed by atoms with Crippen LogP contribution >= 0.6 is 0 Å². The van der Waals surface area contributed by atoms with Gasteiger partial charge in [0, 0.05) is 43.3 Å². The maximum absolute atomic E-state index is 12.8. The van der Waals surface area contributed by atoms with Crippen LogP contribution in [0, 0.1) is 18.3 Å². The number of hydrogen-bond donors (Lipinski definition) is 1. The van der Waals surface area contributed by atoms with Crippen molar-refractivity contribution in [1.29, 1.82) is 5.26 Å². The lowest BCUT2D eigenvalue weighted by atomic mass is 10.2. The van der Waals surface area contributed by atoms with Crippen molar-refractivity contribution in [3.63, 3.8) is 0 Å². The number of H-pyrrole nitrogens is 1. The van der Waals surface area contributed by atoms with Crippen LogP contribution in [0.2, 0.25) is 0 Å². The third-order valence-corrected chi connectivity index (χ3v) is 4.78. The van der Waals surface area contributed by atoms with Crippen LogP contribution < -0.4 is 4.90 Å². The number of nitriles is 1. The Morgan fingerprint density at radius 3 is 2.77 bits per heavy atom. The average Bonchev–Trinajstić information content (AvgIpc) is 3.10. The highest BCUT2D eigenvalue weighted by Gasteiger charge is 2.25. The van der Waals surface area contributed by atoms with E-state index in [1.54, 1.807) is 18.3 Å². The number of nitrogens with one attached hydrogen (secondary N) is 1. The highest BCUT2D eigenvalue weighted by Crippen LogP contribution is 2.21. The van der Waals surface area contributed by atoms with Crippen molar-refractivity contribution in [1.82, 2.24) is 14.9 Å². The van der Waals surface area contributed by atoms with E-state index in [0.717, 1.165) is 16.5 Å². The summed E-state index contributed by atoms with van der Waals surface area (Å²) in [6.07, 6.45) is 1.69. The monoisotopic (exact) mass is 345 g/mol. The molecule has 0 atom stereocenters. The van der Waals surface area contributed by atoms with E-state index in [2.05, 4.69) is 27.0 Å². The van der Waals surface area contributed by atoms with E-state index in [1.807, 2.05) is 30.0 Å². The van der Waals surface area contributed by atoms with E-state index >= 15 is 0 Å². The standard InChI is InChI=1S/C20H19N5O/c1-14-4-5-15-12-18(23-17(15)11-14)20(26)25-9-7-24(8-10-25)19-16(13-21)3-2-6-22-19/h2-6,11-12,23H,7-10H2,1H3. The van der Waals surface area contributed by atoms with Crippen LogP contribution in [0.1, 0.15) is 21.6 Å². The van der Waals surface area contributed by atoms with Crippen molar-refractivity contribution in [2.24, 2.45) is 0 Å². The Balaban J connectivity index is 1.48. The van der Waals surface area contributed by atoms with E-state index in [-0.39, 0.29) is 5.91 Å². The van der Waals surface area contributed by atoms with Crippen molar-refractivity contribution in [2.75, 3.05) is 31.1 Å². The molecule has 3 heterocycles. The zero-order chi connectivity index (χ0) is 18.1. The number of anilines is 1. The van der Waals surface area contributed by atoms with Gasteiger partial charge in [0.15, 0.2) is 0 Å². The Kier molecular flexibility index (Phi) is 4.05. The number of hydrogen-bond acceptors (Lipinski definition) is 4. The number of benzene rings is 1. The van der Waals surface area contributed by atoms with Gasteiger partial charge in [0.2, 0.25) is 0 Å². The van der Waals surface area contributed by atoms with E-state index in [9.17, 15) is 10.1 Å². The number of fused-ring (bicyclic) bond motifs is 1. The topological polar surface area (TPSA) is 76.0 Å². The first-order chi connectivity index (χ1) is 12.7. The minimum atomic E-state index is 0.0139. The fourth-order valence-corrected chi connectivity index (χ4v) is 3.38. The smallest absolute Gasteiger partial charge is 0.270 e. The van der Waals surface area contributed by atoms with Gasteiger partial charge in [0.05, 0.1) is 5.56 Å². The molecule has 0 saturated carbocycles. The summed E-state index contributed by atoms with van der Waals surface area (Å²) in [4.78, 5) is 24.3. The van der Waals surface area contributed by atoms with Gasteiger partial charge in [0.1, 0.15) is 17.6 Å². The number of nitrogens with zero attached hydrogens (tertiary/aromatic N) is 4. The lowest BCUT2D eigenvalue weighted by Crippen LogP contribution is -2.49. The summed E-state index contributed by atoms with van der Waals surface area (Å²) in [7, 11) is 0. The second-order valence-electron chi connectivity index (χ2n) is 6.54. The quantitative estimate of drug-likeness (QED) is 0.775. The molecule has 1 amide bonds. The number of piperazine rings is 1. The summed E-state index contributed by atoms with van der Waals surface area (Å²) in [6, 6.07) is 13.8. The highest BCUT2D eigenvalue weighted by molar-refractivity contribution is 5.98. The summed E-state index contributed by atoms with van der Waals surface area (Å²) in [5.41, 5.74) is 3.34. The van der Waals surface area contributed by atoms with Crippen molar-refractivity contribution < 1.29 is 4.79 Å². The molecule has 0 radical (unpaired) electrons. The molecule has 3 aromatic rings. The minimum absolute atomic E-state index is 0.0139. The summed E-state index contributed by atoms with van der Waals surface area (Å²) < 4.78 is 0. The number of pyridine rings is 1. The largest absolute Gasteiger partial charge is 0.352 e. The molecule has 1 fully saturated rings. The van der Waals surface area contributed by atoms with Gasteiger partial charge < -0.3 is 14.8 Å². The zero-order valence-electron chi connectivity index (χ0n) is 14.6. The highest BCUT2D eigenvalue weighted by atomic mass is 16.2. The molecule has 1 aliphatic heterocycles. The Bertz CT molecular complexity index is 1010. The molecular formula is C20H19N5O. The molecule has 1 N–H and O–H groups in total. The van der Waals surface area contributed by atoms with Gasteiger partial charge in [-0.25, -0.2) is 4.98 Å². The van der Waals surface area contributed by atoms with E-state index in [4.69, 9.17) is 0 Å². The molecule has 0 unspecified atom stereocenters. The fraction of sp³-hybridized carbons (Fsp3) is 0.250. The van der Waals surface area contributed by atoms with Crippen LogP contribution in [0.5, 0.6) is 0 Å². The van der Waals surface area contributed by atoms with Crippen LogP contribution in [0.4, 0.5) is 5.82 Å². The summed E-state index contributed by atoms with van der Waals surface area (Å²) in [5, 5.41) is 10.3. The first-order valence-electron chi connectivity index (χ1n) is 8.64. The minimum Gasteiger partial charge on any atom is -0.352 e. The zero-order valence-corrected chi connectivity index (χ0v) is 14.6. The Morgan fingerprint density at radius 1 is 1.19 bits per heavy atom. The molecule has 0 bridgehead atoms. The molecule has 6 nitrogen and oxygen atoms in total. The normalized spacial score (nSPS) is 14.5. The van der Waals surface area contributed by atoms with Crippen LogP contribution in [0.25, 0.3) is 10.9 Å². The molecule has 0 spiro atoms. The second kappa shape index (κ2) is 6.52. The van der Waals surface area contributed by atoms with Crippen LogP contribution in [-0.2, 0) is 0 Å². The lowest BCUT2D eigenvalue weighted by molar-refractivity contribution is 0.0741. The predicted octanol–water partition coefficient (Wildman–Crippen LogP) is 2.71. The maximum atomic E-state index is 12.8. The summed E-state index contributed by atoms with van der Waals surface area (Å²) >= 11 is 0. The molecule has 1 aromatic carbocycles. The van der Waals surface area contributed by atoms with Gasteiger partial charge in [0.25, 0.3) is 5.91 Å². The Labute approximate surface area is 151 Å². The third-order valence-electron chi connectivity index (χ3n) is 4.78. The van der Waals surface area contributed by atoms with Gasteiger partial charge in [-0.3, -0.25) is 4.79 Å². The number of carbonyl (C=O) groups excluding carboxylic acids is 1. The number of rotatable bonds is 2. The molecule has 6 heteroatoms. The molecule has 4 rings (SSSR count). The molecule has 1 aliphatic rings. The number of aromatic nitrogens is 2. The van der Waals surface area contributed by atoms with E-state index in [0.29, 0.717) is 43.3 Å². The second-order valence-corrected chi connectivity index (χ2v) is 6.54. The van der Waals surface area contributed by atoms with Crippen LogP contribution in [0.3, 0.4) is 0 Å². The fourth-order valence-electron chi connectivity index (χ4n) is 3.38. The Morgan fingerprint density at radius 2 is 2.00 bits per heavy atom. The van der Waals surface area contributed by atoms with Crippen LogP contribution in [0.15, 0.2) is 42.6 Å². The molecule has 130 valence electrons. The van der Waals surface area contributed by atoms with Gasteiger partial charge in [-0.05, 0) is 36.8 Å².